The number of hydrogen-bond acceptors (Lipinski definition) is 2. The molecule has 0 amide bonds. The molecule has 4 heteroatoms. The zero-order valence-electron chi connectivity index (χ0n) is 11.0. The van der Waals surface area contributed by atoms with Gasteiger partial charge in [-0.3, -0.25) is 4.79 Å². The molecule has 0 spiro atoms. The molecular formula is C14H19Cl2NO. The third-order valence-electron chi connectivity index (χ3n) is 2.79. The van der Waals surface area contributed by atoms with Crippen LogP contribution in [0.25, 0.3) is 0 Å². The van der Waals surface area contributed by atoms with Gasteiger partial charge in [-0.15, -0.1) is 0 Å². The van der Waals surface area contributed by atoms with E-state index in [0.29, 0.717) is 16.5 Å². The molecule has 0 heterocycles. The van der Waals surface area contributed by atoms with E-state index in [0.717, 1.165) is 12.1 Å². The predicted molar refractivity (Wildman–Crippen MR) is 77.5 cm³/mol. The van der Waals surface area contributed by atoms with Gasteiger partial charge in [0.25, 0.3) is 0 Å². The molecule has 18 heavy (non-hydrogen) atoms. The lowest BCUT2D eigenvalue weighted by Crippen LogP contribution is -2.40. The van der Waals surface area contributed by atoms with Crippen molar-refractivity contribution < 1.29 is 4.79 Å². The SMILES string of the molecule is CCN[C@@H](Cc1ccc(Cl)c(Cl)c1)C(=O)C(C)C. The Morgan fingerprint density at radius 1 is 1.28 bits per heavy atom. The van der Waals surface area contributed by atoms with Crippen LogP contribution < -0.4 is 5.32 Å². The highest BCUT2D eigenvalue weighted by molar-refractivity contribution is 6.42. The fourth-order valence-corrected chi connectivity index (χ4v) is 2.15. The summed E-state index contributed by atoms with van der Waals surface area (Å²) in [5, 5.41) is 4.29. The maximum absolute atomic E-state index is 12.1. The van der Waals surface area contributed by atoms with Crippen molar-refractivity contribution in [2.24, 2.45) is 5.92 Å². The number of carbonyl (C=O) groups is 1. The molecule has 1 atom stereocenters. The molecule has 0 saturated carbocycles. The Bertz CT molecular complexity index is 418. The second-order valence-electron chi connectivity index (χ2n) is 4.62. The maximum atomic E-state index is 12.1. The van der Waals surface area contributed by atoms with Gasteiger partial charge in [-0.05, 0) is 30.7 Å². The summed E-state index contributed by atoms with van der Waals surface area (Å²) in [6.07, 6.45) is 0.641. The Balaban J connectivity index is 2.82. The Morgan fingerprint density at radius 2 is 1.94 bits per heavy atom. The van der Waals surface area contributed by atoms with Crippen molar-refractivity contribution in [2.75, 3.05) is 6.54 Å². The molecule has 0 saturated heterocycles. The molecular weight excluding hydrogens is 269 g/mol. The van der Waals surface area contributed by atoms with Crippen LogP contribution in [0.5, 0.6) is 0 Å². The number of Topliss-reactive ketones (excluding diaryl/α,β-unsaturated/α-hetero) is 1. The molecule has 1 aromatic rings. The number of rotatable bonds is 6. The summed E-state index contributed by atoms with van der Waals surface area (Å²) in [5.74, 6) is 0.250. The first-order valence-corrected chi connectivity index (χ1v) is 6.92. The van der Waals surface area contributed by atoms with Crippen LogP contribution in [0, 0.1) is 5.92 Å². The third-order valence-corrected chi connectivity index (χ3v) is 3.53. The largest absolute Gasteiger partial charge is 0.307 e. The lowest BCUT2D eigenvalue weighted by molar-refractivity contribution is -0.123. The van der Waals surface area contributed by atoms with E-state index < -0.39 is 0 Å². The second kappa shape index (κ2) is 7.13. The molecule has 0 aliphatic rings. The Kier molecular flexibility index (Phi) is 6.13. The highest BCUT2D eigenvalue weighted by atomic mass is 35.5. The molecule has 0 aliphatic carbocycles. The van der Waals surface area contributed by atoms with E-state index in [1.165, 1.54) is 0 Å². The van der Waals surface area contributed by atoms with Gasteiger partial charge < -0.3 is 5.32 Å². The summed E-state index contributed by atoms with van der Waals surface area (Å²) >= 11 is 11.9. The number of hydrogen-bond donors (Lipinski definition) is 1. The number of benzene rings is 1. The first kappa shape index (κ1) is 15.5. The molecule has 2 nitrogen and oxygen atoms in total. The molecule has 1 aromatic carbocycles. The number of carbonyl (C=O) groups excluding carboxylic acids is 1. The minimum absolute atomic E-state index is 0.0248. The minimum atomic E-state index is -0.160. The van der Waals surface area contributed by atoms with Crippen LogP contribution in [0.3, 0.4) is 0 Å². The quantitative estimate of drug-likeness (QED) is 0.864. The van der Waals surface area contributed by atoms with Gasteiger partial charge in [-0.2, -0.15) is 0 Å². The molecule has 0 aliphatic heterocycles. The van der Waals surface area contributed by atoms with E-state index in [4.69, 9.17) is 23.2 Å². The van der Waals surface area contributed by atoms with Gasteiger partial charge in [0.2, 0.25) is 0 Å². The fraction of sp³-hybridized carbons (Fsp3) is 0.500. The van der Waals surface area contributed by atoms with Gasteiger partial charge in [0, 0.05) is 5.92 Å². The zero-order chi connectivity index (χ0) is 13.7. The van der Waals surface area contributed by atoms with Crippen molar-refractivity contribution >= 4 is 29.0 Å². The Hall–Kier alpha value is -0.570. The smallest absolute Gasteiger partial charge is 0.152 e. The van der Waals surface area contributed by atoms with Crippen LogP contribution in [-0.4, -0.2) is 18.4 Å². The second-order valence-corrected chi connectivity index (χ2v) is 5.43. The van der Waals surface area contributed by atoms with Gasteiger partial charge in [0.15, 0.2) is 5.78 Å². The standard InChI is InChI=1S/C14H19Cl2NO/c1-4-17-13(14(18)9(2)3)8-10-5-6-11(15)12(16)7-10/h5-7,9,13,17H,4,8H2,1-3H3/t13-/m0/s1. The van der Waals surface area contributed by atoms with Gasteiger partial charge in [-0.1, -0.05) is 50.0 Å². The van der Waals surface area contributed by atoms with Crippen LogP contribution in [-0.2, 0) is 11.2 Å². The monoisotopic (exact) mass is 287 g/mol. The van der Waals surface area contributed by atoms with Gasteiger partial charge >= 0.3 is 0 Å². The topological polar surface area (TPSA) is 29.1 Å². The minimum Gasteiger partial charge on any atom is -0.307 e. The summed E-state index contributed by atoms with van der Waals surface area (Å²) in [6.45, 7) is 6.60. The average Bonchev–Trinajstić information content (AvgIpc) is 2.32. The molecule has 0 unspecified atom stereocenters. The van der Waals surface area contributed by atoms with E-state index in [9.17, 15) is 4.79 Å². The molecule has 0 aromatic heterocycles. The van der Waals surface area contributed by atoms with Crippen molar-refractivity contribution in [1.82, 2.24) is 5.32 Å². The average molecular weight is 288 g/mol. The molecule has 0 fully saturated rings. The first-order valence-electron chi connectivity index (χ1n) is 6.16. The van der Waals surface area contributed by atoms with E-state index in [1.54, 1.807) is 6.07 Å². The lowest BCUT2D eigenvalue weighted by atomic mass is 9.96. The molecule has 1 N–H and O–H groups in total. The number of halogens is 2. The van der Waals surface area contributed by atoms with E-state index in [2.05, 4.69) is 5.32 Å². The highest BCUT2D eigenvalue weighted by Gasteiger charge is 2.20. The number of ketones is 1. The summed E-state index contributed by atoms with van der Waals surface area (Å²) in [7, 11) is 0. The predicted octanol–water partition coefficient (Wildman–Crippen LogP) is 3.74. The first-order chi connectivity index (χ1) is 8.45. The molecule has 0 radical (unpaired) electrons. The summed E-state index contributed by atoms with van der Waals surface area (Å²) in [5.41, 5.74) is 1.02. The highest BCUT2D eigenvalue weighted by Crippen LogP contribution is 2.23. The van der Waals surface area contributed by atoms with Crippen LogP contribution in [0.15, 0.2) is 18.2 Å². The van der Waals surface area contributed by atoms with Gasteiger partial charge in [-0.25, -0.2) is 0 Å². The van der Waals surface area contributed by atoms with Crippen molar-refractivity contribution in [3.63, 3.8) is 0 Å². The van der Waals surface area contributed by atoms with Crippen LogP contribution in [0.1, 0.15) is 26.3 Å². The zero-order valence-corrected chi connectivity index (χ0v) is 12.5. The number of likely N-dealkylation sites (N-methyl/N-ethyl adjacent to an activating group) is 1. The number of nitrogens with one attached hydrogen (secondary N) is 1. The van der Waals surface area contributed by atoms with Crippen molar-refractivity contribution in [3.8, 4) is 0 Å². The van der Waals surface area contributed by atoms with Crippen LogP contribution in [0.2, 0.25) is 10.0 Å². The van der Waals surface area contributed by atoms with Gasteiger partial charge in [0.05, 0.1) is 16.1 Å². The Morgan fingerprint density at radius 3 is 2.44 bits per heavy atom. The van der Waals surface area contributed by atoms with Gasteiger partial charge in [0.1, 0.15) is 0 Å². The normalized spacial score (nSPS) is 12.8. The van der Waals surface area contributed by atoms with Crippen molar-refractivity contribution in [1.29, 1.82) is 0 Å². The molecule has 0 bridgehead atoms. The van der Waals surface area contributed by atoms with Crippen LogP contribution >= 0.6 is 23.2 Å². The lowest BCUT2D eigenvalue weighted by Gasteiger charge is -2.19. The van der Waals surface area contributed by atoms with E-state index in [-0.39, 0.29) is 17.7 Å². The van der Waals surface area contributed by atoms with Crippen LogP contribution in [0.4, 0.5) is 0 Å². The summed E-state index contributed by atoms with van der Waals surface area (Å²) in [4.78, 5) is 12.1. The van der Waals surface area contributed by atoms with E-state index in [1.807, 2.05) is 32.9 Å². The summed E-state index contributed by atoms with van der Waals surface area (Å²) in [6, 6.07) is 5.34. The van der Waals surface area contributed by atoms with E-state index >= 15 is 0 Å². The summed E-state index contributed by atoms with van der Waals surface area (Å²) < 4.78 is 0. The van der Waals surface area contributed by atoms with Crippen molar-refractivity contribution in [2.45, 2.75) is 33.2 Å². The molecule has 1 rings (SSSR count). The fourth-order valence-electron chi connectivity index (χ4n) is 1.82. The Labute approximate surface area is 119 Å². The van der Waals surface area contributed by atoms with Crippen molar-refractivity contribution in [3.05, 3.63) is 33.8 Å². The molecule has 100 valence electrons. The third kappa shape index (κ3) is 4.27. The maximum Gasteiger partial charge on any atom is 0.152 e.